The van der Waals surface area contributed by atoms with Crippen LogP contribution in [0.4, 0.5) is 0 Å². The molecule has 0 unspecified atom stereocenters. The van der Waals surface area contributed by atoms with Crippen molar-refractivity contribution in [3.8, 4) is 0 Å². The molecule has 0 fully saturated rings. The molecule has 130 valence electrons. The molecule has 0 saturated carbocycles. The summed E-state index contributed by atoms with van der Waals surface area (Å²) in [4.78, 5) is 0. The first-order valence-corrected chi connectivity index (χ1v) is 12.5. The third-order valence-corrected chi connectivity index (χ3v) is 6.69. The minimum Gasteiger partial charge on any atom is -0.255 e. The summed E-state index contributed by atoms with van der Waals surface area (Å²) in [5.74, 6) is 0.661. The molecule has 0 radical (unpaired) electrons. The number of allylic oxidation sites excluding steroid dienone is 2. The van der Waals surface area contributed by atoms with Crippen molar-refractivity contribution in [2.24, 2.45) is 5.92 Å². The second-order valence-corrected chi connectivity index (χ2v) is 13.7. The van der Waals surface area contributed by atoms with Crippen LogP contribution in [0.2, 0.25) is 19.6 Å². The Hall–Kier alpha value is -1.54. The first-order valence-electron chi connectivity index (χ1n) is 8.99. The molecule has 0 N–H and O–H groups in total. The SMILES string of the molecule is C=[N+]1C=C([Si](C)(C)C)C(CC(C)C)=C[C-]1c1c(C)cc(C)cc1C. The molecule has 0 atom stereocenters. The molecule has 0 bridgehead atoms. The summed E-state index contributed by atoms with van der Waals surface area (Å²) in [5, 5.41) is 1.54. The van der Waals surface area contributed by atoms with E-state index in [1.807, 2.05) is 0 Å². The van der Waals surface area contributed by atoms with E-state index in [4.69, 9.17) is 0 Å². The van der Waals surface area contributed by atoms with Gasteiger partial charge in [0.15, 0.2) is 0 Å². The van der Waals surface area contributed by atoms with E-state index in [9.17, 15) is 0 Å². The predicted octanol–water partition coefficient (Wildman–Crippen LogP) is 5.95. The van der Waals surface area contributed by atoms with Crippen molar-refractivity contribution in [2.75, 3.05) is 0 Å². The monoisotopic (exact) mass is 339 g/mol. The second-order valence-electron chi connectivity index (χ2n) is 8.69. The molecule has 2 heteroatoms. The molecule has 0 spiro atoms. The summed E-state index contributed by atoms with van der Waals surface area (Å²) in [6, 6.07) is 5.79. The molecule has 0 saturated heterocycles. The fourth-order valence-corrected chi connectivity index (χ4v) is 5.40. The minimum atomic E-state index is -1.40. The number of hydrogen-bond acceptors (Lipinski definition) is 0. The maximum Gasteiger partial charge on any atom is 0.147 e. The van der Waals surface area contributed by atoms with Gasteiger partial charge >= 0.3 is 0 Å². The van der Waals surface area contributed by atoms with Gasteiger partial charge in [-0.2, -0.15) is 0 Å². The lowest BCUT2D eigenvalue weighted by Crippen LogP contribution is -2.31. The molecule has 1 nitrogen and oxygen atoms in total. The highest BCUT2D eigenvalue weighted by atomic mass is 28.3. The summed E-state index contributed by atoms with van der Waals surface area (Å²) in [7, 11) is -1.40. The highest BCUT2D eigenvalue weighted by Gasteiger charge is 2.30. The second kappa shape index (κ2) is 6.76. The predicted molar refractivity (Wildman–Crippen MR) is 109 cm³/mol. The summed E-state index contributed by atoms with van der Waals surface area (Å²) in [6.45, 7) is 22.8. The van der Waals surface area contributed by atoms with Gasteiger partial charge in [-0.25, -0.2) is 0 Å². The smallest absolute Gasteiger partial charge is 0.147 e. The molecule has 1 aromatic rings. The van der Waals surface area contributed by atoms with E-state index in [0.717, 1.165) is 6.42 Å². The zero-order valence-corrected chi connectivity index (χ0v) is 17.7. The van der Waals surface area contributed by atoms with Crippen LogP contribution in [0.25, 0.3) is 0 Å². The van der Waals surface area contributed by atoms with E-state index in [1.54, 1.807) is 0 Å². The van der Waals surface area contributed by atoms with E-state index in [-0.39, 0.29) is 0 Å². The Morgan fingerprint density at radius 3 is 2.08 bits per heavy atom. The summed E-state index contributed by atoms with van der Waals surface area (Å²) in [5.41, 5.74) is 6.84. The Kier molecular flexibility index (Phi) is 5.29. The molecular formula is C22H33NSi. The number of nitrogens with zero attached hydrogens (tertiary/aromatic N) is 1. The first kappa shape index (κ1) is 18.8. The lowest BCUT2D eigenvalue weighted by molar-refractivity contribution is -0.418. The van der Waals surface area contributed by atoms with Gasteiger partial charge in [-0.05, 0) is 36.1 Å². The van der Waals surface area contributed by atoms with Crippen LogP contribution in [0.5, 0.6) is 0 Å². The van der Waals surface area contributed by atoms with Crippen LogP contribution < -0.4 is 0 Å². The normalized spacial score (nSPS) is 15.7. The van der Waals surface area contributed by atoms with Crippen molar-refractivity contribution in [2.45, 2.75) is 60.7 Å². The molecule has 0 aromatic heterocycles. The zero-order chi connectivity index (χ0) is 18.2. The van der Waals surface area contributed by atoms with Gasteiger partial charge in [-0.1, -0.05) is 81.7 Å². The molecule has 0 aliphatic carbocycles. The van der Waals surface area contributed by atoms with Crippen LogP contribution in [0.3, 0.4) is 0 Å². The lowest BCUT2D eigenvalue weighted by atomic mass is 9.90. The van der Waals surface area contributed by atoms with Gasteiger partial charge in [0, 0.05) is 0 Å². The van der Waals surface area contributed by atoms with Gasteiger partial charge in [0.25, 0.3) is 0 Å². The van der Waals surface area contributed by atoms with Gasteiger partial charge in [-0.3, -0.25) is 4.58 Å². The molecule has 2 rings (SSSR count). The average Bonchev–Trinajstić information content (AvgIpc) is 2.38. The minimum absolute atomic E-state index is 0.661. The third kappa shape index (κ3) is 3.92. The van der Waals surface area contributed by atoms with Crippen molar-refractivity contribution < 1.29 is 4.58 Å². The summed E-state index contributed by atoms with van der Waals surface area (Å²) < 4.78 is 2.10. The van der Waals surface area contributed by atoms with E-state index < -0.39 is 8.07 Å². The Morgan fingerprint density at radius 2 is 1.62 bits per heavy atom. The van der Waals surface area contributed by atoms with Crippen molar-refractivity contribution in [1.29, 1.82) is 0 Å². The highest BCUT2D eigenvalue weighted by molar-refractivity contribution is 6.84. The largest absolute Gasteiger partial charge is 0.255 e. The maximum absolute atomic E-state index is 4.33. The molecule has 1 heterocycles. The van der Waals surface area contributed by atoms with Crippen LogP contribution in [0.15, 0.2) is 35.2 Å². The van der Waals surface area contributed by atoms with Gasteiger partial charge in [0.05, 0.1) is 14.8 Å². The van der Waals surface area contributed by atoms with E-state index in [2.05, 4.69) is 90.0 Å². The Balaban J connectivity index is 2.56. The van der Waals surface area contributed by atoms with Crippen molar-refractivity contribution in [3.63, 3.8) is 0 Å². The molecule has 1 aliphatic heterocycles. The Labute approximate surface area is 149 Å². The topological polar surface area (TPSA) is 3.01 Å². The number of aryl methyl sites for hydroxylation is 3. The van der Waals surface area contributed by atoms with E-state index in [0.29, 0.717) is 5.92 Å². The molecule has 24 heavy (non-hydrogen) atoms. The Bertz CT molecular complexity index is 691. The fraction of sp³-hybridized carbons (Fsp3) is 0.455. The van der Waals surface area contributed by atoms with Crippen LogP contribution >= 0.6 is 0 Å². The number of hydrogen-bond donors (Lipinski definition) is 0. The molecule has 1 aliphatic rings. The number of rotatable bonds is 4. The summed E-state index contributed by atoms with van der Waals surface area (Å²) in [6.07, 6.45) is 5.85. The summed E-state index contributed by atoms with van der Waals surface area (Å²) >= 11 is 0. The number of benzene rings is 1. The van der Waals surface area contributed by atoms with Crippen molar-refractivity contribution >= 4 is 14.8 Å². The van der Waals surface area contributed by atoms with Crippen LogP contribution in [-0.2, 0) is 0 Å². The van der Waals surface area contributed by atoms with Gasteiger partial charge in [0.1, 0.15) is 12.2 Å². The Morgan fingerprint density at radius 1 is 1.08 bits per heavy atom. The molecule has 0 amide bonds. The van der Waals surface area contributed by atoms with Crippen LogP contribution in [-0.4, -0.2) is 19.4 Å². The average molecular weight is 340 g/mol. The maximum atomic E-state index is 4.33. The van der Waals surface area contributed by atoms with Gasteiger partial charge in [0.2, 0.25) is 0 Å². The quantitative estimate of drug-likeness (QED) is 0.362. The van der Waals surface area contributed by atoms with E-state index in [1.165, 1.54) is 39.1 Å². The molecule has 1 aromatic carbocycles. The van der Waals surface area contributed by atoms with Gasteiger partial charge < -0.3 is 0 Å². The highest BCUT2D eigenvalue weighted by Crippen LogP contribution is 2.37. The van der Waals surface area contributed by atoms with E-state index >= 15 is 0 Å². The third-order valence-electron chi connectivity index (χ3n) is 4.62. The fourth-order valence-electron chi connectivity index (χ4n) is 3.72. The van der Waals surface area contributed by atoms with Crippen LogP contribution in [0, 0.1) is 32.7 Å². The first-order chi connectivity index (χ1) is 11.0. The van der Waals surface area contributed by atoms with Crippen molar-refractivity contribution in [3.05, 3.63) is 63.5 Å². The zero-order valence-electron chi connectivity index (χ0n) is 16.7. The van der Waals surface area contributed by atoms with Gasteiger partial charge in [-0.15, -0.1) is 0 Å². The molecular weight excluding hydrogens is 306 g/mol. The standard InChI is InChI=1S/C22H33NSi/c1-15(2)10-19-13-20(23(6)14-21(19)24(7,8)9)22-17(4)11-16(3)12-18(22)5/h11-15H,6,10H2,1-5,7-9H3. The van der Waals surface area contributed by atoms with Crippen molar-refractivity contribution in [1.82, 2.24) is 0 Å². The van der Waals surface area contributed by atoms with Crippen LogP contribution in [0.1, 0.15) is 42.5 Å². The lowest BCUT2D eigenvalue weighted by Gasteiger charge is -2.32.